The number of unbranched alkanes of at least 4 members (excludes halogenated alkanes) is 5. The lowest BCUT2D eigenvalue weighted by molar-refractivity contribution is 0.624. The maximum atomic E-state index is 2.54. The molecule has 0 N–H and O–H groups in total. The summed E-state index contributed by atoms with van der Waals surface area (Å²) in [6, 6.07) is 30.6. The third kappa shape index (κ3) is 4.64. The van der Waals surface area contributed by atoms with Gasteiger partial charge in [0.25, 0.3) is 0 Å². The van der Waals surface area contributed by atoms with Crippen molar-refractivity contribution >= 4 is 30.5 Å². The molecule has 0 saturated heterocycles. The van der Waals surface area contributed by atoms with E-state index in [1.54, 1.807) is 10.4 Å². The number of fused-ring (bicyclic) bond motifs is 2. The lowest BCUT2D eigenvalue weighted by Crippen LogP contribution is -2.50. The topological polar surface area (TPSA) is 3.24 Å². The van der Waals surface area contributed by atoms with Crippen molar-refractivity contribution in [2.75, 3.05) is 4.90 Å². The molecule has 0 bridgehead atoms. The van der Waals surface area contributed by atoms with Gasteiger partial charge in [-0.15, -0.1) is 0 Å². The van der Waals surface area contributed by atoms with Crippen molar-refractivity contribution in [1.82, 2.24) is 0 Å². The van der Waals surface area contributed by atoms with Gasteiger partial charge in [-0.1, -0.05) is 118 Å². The van der Waals surface area contributed by atoms with Crippen LogP contribution in [0.15, 0.2) is 78.9 Å². The summed E-state index contributed by atoms with van der Waals surface area (Å²) >= 11 is 0. The van der Waals surface area contributed by atoms with Crippen molar-refractivity contribution in [3.05, 3.63) is 84.4 Å². The van der Waals surface area contributed by atoms with Gasteiger partial charge in [-0.05, 0) is 28.1 Å². The van der Waals surface area contributed by atoms with E-state index in [-0.39, 0.29) is 0 Å². The van der Waals surface area contributed by atoms with Gasteiger partial charge in [0.05, 0.1) is 0 Å². The Morgan fingerprint density at radius 2 is 1.17 bits per heavy atom. The molecule has 1 aliphatic heterocycles. The van der Waals surface area contributed by atoms with Gasteiger partial charge < -0.3 is 4.90 Å². The summed E-state index contributed by atoms with van der Waals surface area (Å²) in [5, 5.41) is 3.20. The monoisotopic (exact) mass is 398 g/mol. The van der Waals surface area contributed by atoms with E-state index >= 15 is 0 Å². The molecule has 0 spiro atoms. The zero-order valence-corrected chi connectivity index (χ0v) is 18.6. The molecule has 29 heavy (non-hydrogen) atoms. The van der Waals surface area contributed by atoms with Crippen LogP contribution >= 0.6 is 0 Å². The van der Waals surface area contributed by atoms with Crippen molar-refractivity contribution in [2.45, 2.75) is 58.0 Å². The van der Waals surface area contributed by atoms with Gasteiger partial charge >= 0.3 is 0 Å². The Balaban J connectivity index is 1.59. The molecule has 3 aromatic carbocycles. The molecular weight excluding hydrogens is 366 g/mol. The van der Waals surface area contributed by atoms with E-state index in [9.17, 15) is 0 Å². The third-order valence-corrected chi connectivity index (χ3v) is 9.00. The van der Waals surface area contributed by atoms with Crippen LogP contribution in [0.4, 0.5) is 11.4 Å². The molecule has 0 aliphatic carbocycles. The van der Waals surface area contributed by atoms with Crippen molar-refractivity contribution in [2.24, 2.45) is 0 Å². The highest BCUT2D eigenvalue weighted by Crippen LogP contribution is 2.30. The lowest BCUT2D eigenvalue weighted by Gasteiger charge is -2.37. The first kappa shape index (κ1) is 20.0. The molecule has 0 fully saturated rings. The van der Waals surface area contributed by atoms with Gasteiger partial charge in [0.2, 0.25) is 0 Å². The number of nitrogens with zero attached hydrogens (tertiary/aromatic N) is 1. The van der Waals surface area contributed by atoms with E-state index in [0.717, 1.165) is 6.54 Å². The zero-order chi connectivity index (χ0) is 19.9. The number of hydrogen-bond donors (Lipinski definition) is 0. The number of para-hydroxylation sites is 2. The fraction of sp³-hybridized carbons (Fsp3) is 0.333. The van der Waals surface area contributed by atoms with Gasteiger partial charge in [-0.25, -0.2) is 0 Å². The number of anilines is 2. The SMILES string of the molecule is CCCCCCCC[Si]1c2ccccc2N(Cc2ccccc2)c2ccccc21. The molecule has 149 valence electrons. The van der Waals surface area contributed by atoms with Crippen LogP contribution in [-0.2, 0) is 6.54 Å². The molecule has 2 heteroatoms. The van der Waals surface area contributed by atoms with Crippen LogP contribution in [0, 0.1) is 0 Å². The Hall–Kier alpha value is -2.32. The summed E-state index contributed by atoms with van der Waals surface area (Å²) in [6.07, 6.45) is 8.25. The van der Waals surface area contributed by atoms with Gasteiger partial charge in [0.1, 0.15) is 8.80 Å². The Morgan fingerprint density at radius 3 is 1.83 bits per heavy atom. The fourth-order valence-electron chi connectivity index (χ4n) is 4.49. The second-order valence-corrected chi connectivity index (χ2v) is 10.6. The summed E-state index contributed by atoms with van der Waals surface area (Å²) in [5.41, 5.74) is 4.22. The Morgan fingerprint density at radius 1 is 0.621 bits per heavy atom. The van der Waals surface area contributed by atoms with Crippen LogP contribution in [0.5, 0.6) is 0 Å². The van der Waals surface area contributed by atoms with E-state index in [1.165, 1.54) is 61.5 Å². The van der Waals surface area contributed by atoms with Crippen molar-refractivity contribution in [3.8, 4) is 0 Å². The van der Waals surface area contributed by atoms with Gasteiger partial charge in [0, 0.05) is 17.9 Å². The third-order valence-electron chi connectivity index (χ3n) is 6.00. The van der Waals surface area contributed by atoms with E-state index in [4.69, 9.17) is 0 Å². The number of benzene rings is 3. The second-order valence-electron chi connectivity index (χ2n) is 8.10. The number of hydrogen-bond acceptors (Lipinski definition) is 1. The predicted octanol–water partition coefficient (Wildman–Crippen LogP) is 6.31. The minimum atomic E-state index is -0.720. The molecule has 1 heterocycles. The molecule has 1 nitrogen and oxygen atoms in total. The highest BCUT2D eigenvalue weighted by molar-refractivity contribution is 6.88. The van der Waals surface area contributed by atoms with E-state index in [1.807, 2.05) is 0 Å². The fourth-order valence-corrected chi connectivity index (χ4v) is 7.57. The Kier molecular flexibility index (Phi) is 6.84. The molecule has 0 unspecified atom stereocenters. The van der Waals surface area contributed by atoms with Crippen LogP contribution in [-0.4, -0.2) is 8.80 Å². The molecule has 0 aromatic heterocycles. The van der Waals surface area contributed by atoms with Gasteiger partial charge in [0.15, 0.2) is 0 Å². The highest BCUT2D eigenvalue weighted by atomic mass is 28.3. The van der Waals surface area contributed by atoms with Crippen LogP contribution in [0.3, 0.4) is 0 Å². The van der Waals surface area contributed by atoms with Crippen LogP contribution in [0.1, 0.15) is 51.0 Å². The first-order chi connectivity index (χ1) is 14.4. The number of rotatable bonds is 9. The maximum absolute atomic E-state index is 2.54. The van der Waals surface area contributed by atoms with Crippen LogP contribution in [0.2, 0.25) is 6.04 Å². The van der Waals surface area contributed by atoms with E-state index in [0.29, 0.717) is 0 Å². The van der Waals surface area contributed by atoms with Crippen molar-refractivity contribution in [3.63, 3.8) is 0 Å². The van der Waals surface area contributed by atoms with E-state index < -0.39 is 8.80 Å². The largest absolute Gasteiger partial charge is 0.337 e. The van der Waals surface area contributed by atoms with Gasteiger partial charge in [-0.2, -0.15) is 0 Å². The summed E-state index contributed by atoms with van der Waals surface area (Å²) in [7, 11) is -0.720. The molecule has 0 atom stereocenters. The normalized spacial score (nSPS) is 13.2. The van der Waals surface area contributed by atoms with Crippen molar-refractivity contribution in [1.29, 1.82) is 0 Å². The first-order valence-corrected chi connectivity index (χ1v) is 13.0. The Labute approximate surface area is 178 Å². The molecule has 0 amide bonds. The molecule has 1 aliphatic rings. The minimum absolute atomic E-state index is 0.720. The summed E-state index contributed by atoms with van der Waals surface area (Å²) < 4.78 is 0. The van der Waals surface area contributed by atoms with Crippen LogP contribution < -0.4 is 15.3 Å². The maximum Gasteiger partial charge on any atom is 0.126 e. The quantitative estimate of drug-likeness (QED) is 0.302. The molecule has 3 aromatic rings. The molecular formula is C27H32NSi. The molecule has 1 radical (unpaired) electrons. The smallest absolute Gasteiger partial charge is 0.126 e. The minimum Gasteiger partial charge on any atom is -0.337 e. The first-order valence-electron chi connectivity index (χ1n) is 11.2. The van der Waals surface area contributed by atoms with Crippen LogP contribution in [0.25, 0.3) is 0 Å². The average molecular weight is 399 g/mol. The average Bonchev–Trinajstić information content (AvgIpc) is 2.78. The summed E-state index contributed by atoms with van der Waals surface area (Å²) in [4.78, 5) is 2.54. The van der Waals surface area contributed by atoms with Gasteiger partial charge in [-0.3, -0.25) is 0 Å². The highest BCUT2D eigenvalue weighted by Gasteiger charge is 2.31. The molecule has 4 rings (SSSR count). The zero-order valence-electron chi connectivity index (χ0n) is 17.6. The predicted molar refractivity (Wildman–Crippen MR) is 128 cm³/mol. The van der Waals surface area contributed by atoms with Crippen molar-refractivity contribution < 1.29 is 0 Å². The summed E-state index contributed by atoms with van der Waals surface area (Å²) in [5.74, 6) is 0. The lowest BCUT2D eigenvalue weighted by atomic mass is 10.1. The molecule has 0 saturated carbocycles. The summed E-state index contributed by atoms with van der Waals surface area (Å²) in [6.45, 7) is 3.23. The Bertz CT molecular complexity index is 858. The standard InChI is InChI=1S/C27H32NSi/c1-2-3-4-5-6-14-21-29-26-19-12-10-17-24(26)28(22-23-15-8-7-9-16-23)25-18-11-13-20-27(25)29/h7-13,15-20H,2-6,14,21-22H2,1H3. The second kappa shape index (κ2) is 9.93. The van der Waals surface area contributed by atoms with E-state index in [2.05, 4.69) is 90.7 Å².